The number of hydrogen-bond donors (Lipinski definition) is 2. The van der Waals surface area contributed by atoms with E-state index in [1.54, 1.807) is 7.05 Å². The minimum atomic E-state index is -0.0885. The summed E-state index contributed by atoms with van der Waals surface area (Å²) in [7, 11) is 1.72. The Labute approximate surface area is 148 Å². The van der Waals surface area contributed by atoms with E-state index < -0.39 is 0 Å². The summed E-state index contributed by atoms with van der Waals surface area (Å²) < 4.78 is 10.8. The maximum Gasteiger partial charge on any atom is 0.231 e. The predicted octanol–water partition coefficient (Wildman–Crippen LogP) is 2.11. The highest BCUT2D eigenvalue weighted by Crippen LogP contribution is 2.36. The number of halogens is 1. The van der Waals surface area contributed by atoms with Gasteiger partial charge in [0, 0.05) is 19.0 Å². The molecule has 120 valence electrons. The Bertz CT molecular complexity index is 579. The van der Waals surface area contributed by atoms with Crippen LogP contribution in [0.25, 0.3) is 0 Å². The van der Waals surface area contributed by atoms with Crippen molar-refractivity contribution in [1.82, 2.24) is 10.6 Å². The van der Waals surface area contributed by atoms with Crippen LogP contribution in [0.2, 0.25) is 0 Å². The third-order valence-corrected chi connectivity index (χ3v) is 3.43. The second-order valence-corrected chi connectivity index (χ2v) is 5.44. The minimum Gasteiger partial charge on any atom is -0.454 e. The van der Waals surface area contributed by atoms with Gasteiger partial charge in [0.15, 0.2) is 17.5 Å². The van der Waals surface area contributed by atoms with Crippen LogP contribution in [-0.4, -0.2) is 32.9 Å². The molecular weight excluding hydrogens is 393 g/mol. The van der Waals surface area contributed by atoms with E-state index in [-0.39, 0.29) is 29.4 Å². The van der Waals surface area contributed by atoms with Gasteiger partial charge in [-0.25, -0.2) is 0 Å². The van der Waals surface area contributed by atoms with Crippen molar-refractivity contribution in [3.05, 3.63) is 23.8 Å². The predicted molar refractivity (Wildman–Crippen MR) is 99.2 cm³/mol. The van der Waals surface area contributed by atoms with Gasteiger partial charge in [0.2, 0.25) is 6.79 Å². The molecule has 0 saturated carbocycles. The van der Waals surface area contributed by atoms with Crippen LogP contribution in [0.4, 0.5) is 0 Å². The van der Waals surface area contributed by atoms with Crippen molar-refractivity contribution in [3.63, 3.8) is 0 Å². The largest absolute Gasteiger partial charge is 0.454 e. The van der Waals surface area contributed by atoms with Gasteiger partial charge in [-0.1, -0.05) is 25.8 Å². The first-order chi connectivity index (χ1) is 10.1. The summed E-state index contributed by atoms with van der Waals surface area (Å²) in [6, 6.07) is 6.04. The molecule has 0 unspecified atom stereocenters. The number of guanidine groups is 1. The zero-order valence-corrected chi connectivity index (χ0v) is 15.4. The van der Waals surface area contributed by atoms with Crippen molar-refractivity contribution in [2.45, 2.75) is 19.3 Å². The fourth-order valence-corrected chi connectivity index (χ4v) is 2.08. The summed E-state index contributed by atoms with van der Waals surface area (Å²) in [5, 5.41) is 6.32. The molecule has 1 aliphatic heterocycles. The molecule has 1 aromatic rings. The van der Waals surface area contributed by atoms with Crippen LogP contribution in [0.1, 0.15) is 19.4 Å². The van der Waals surface area contributed by atoms with Gasteiger partial charge in [-0.3, -0.25) is 4.99 Å². The Morgan fingerprint density at radius 2 is 2.05 bits per heavy atom. The lowest BCUT2D eigenvalue weighted by atomic mass is 9.84. The molecule has 0 radical (unpaired) electrons. The average Bonchev–Trinajstić information content (AvgIpc) is 2.95. The van der Waals surface area contributed by atoms with Crippen LogP contribution in [0.15, 0.2) is 23.2 Å². The normalized spacial score (nSPS) is 13.1. The highest BCUT2D eigenvalue weighted by molar-refractivity contribution is 14.0. The minimum absolute atomic E-state index is 0. The SMILES string of the molecule is C#CCNC(=NC)NCC(C)(C)c1ccc2c(c1)OCO2.I. The lowest BCUT2D eigenvalue weighted by Crippen LogP contribution is -2.43. The summed E-state index contributed by atoms with van der Waals surface area (Å²) in [6.07, 6.45) is 5.24. The molecule has 22 heavy (non-hydrogen) atoms. The van der Waals surface area contributed by atoms with Crippen LogP contribution in [-0.2, 0) is 5.41 Å². The molecule has 1 aliphatic rings. The summed E-state index contributed by atoms with van der Waals surface area (Å²) >= 11 is 0. The van der Waals surface area contributed by atoms with Gasteiger partial charge >= 0.3 is 0 Å². The zero-order chi connectivity index (χ0) is 15.3. The smallest absolute Gasteiger partial charge is 0.231 e. The van der Waals surface area contributed by atoms with Gasteiger partial charge in [-0.2, -0.15) is 0 Å². The average molecular weight is 415 g/mol. The van der Waals surface area contributed by atoms with Crippen molar-refractivity contribution >= 4 is 29.9 Å². The fourth-order valence-electron chi connectivity index (χ4n) is 2.08. The van der Waals surface area contributed by atoms with Crippen LogP contribution in [0.3, 0.4) is 0 Å². The highest BCUT2D eigenvalue weighted by Gasteiger charge is 2.24. The van der Waals surface area contributed by atoms with Crippen molar-refractivity contribution in [2.24, 2.45) is 4.99 Å². The van der Waals surface area contributed by atoms with Gasteiger partial charge in [-0.05, 0) is 17.7 Å². The van der Waals surface area contributed by atoms with Crippen molar-refractivity contribution in [2.75, 3.05) is 26.9 Å². The fraction of sp³-hybridized carbons (Fsp3) is 0.438. The van der Waals surface area contributed by atoms with Crippen LogP contribution < -0.4 is 20.1 Å². The Hall–Kier alpha value is -1.62. The molecule has 1 heterocycles. The second-order valence-electron chi connectivity index (χ2n) is 5.44. The quantitative estimate of drug-likeness (QED) is 0.343. The Morgan fingerprint density at radius 1 is 1.32 bits per heavy atom. The molecule has 6 heteroatoms. The number of rotatable bonds is 4. The molecule has 0 spiro atoms. The standard InChI is InChI=1S/C16H21N3O2.HI/c1-5-8-18-15(17-4)19-10-16(2,3)12-6-7-13-14(9-12)21-11-20-13;/h1,6-7,9H,8,10-11H2,2-4H3,(H2,17,18,19);1H. The number of nitrogens with zero attached hydrogens (tertiary/aromatic N) is 1. The summed E-state index contributed by atoms with van der Waals surface area (Å²) in [5.41, 5.74) is 1.08. The molecule has 2 N–H and O–H groups in total. The van der Waals surface area contributed by atoms with E-state index in [0.29, 0.717) is 19.3 Å². The molecule has 0 amide bonds. The van der Waals surface area contributed by atoms with E-state index in [1.165, 1.54) is 5.56 Å². The summed E-state index contributed by atoms with van der Waals surface area (Å²) in [5.74, 6) is 4.82. The van der Waals surface area contributed by atoms with Gasteiger partial charge in [0.1, 0.15) is 0 Å². The summed E-state index contributed by atoms with van der Waals surface area (Å²) in [4.78, 5) is 4.13. The van der Waals surface area contributed by atoms with E-state index in [4.69, 9.17) is 15.9 Å². The number of aliphatic imine (C=N–C) groups is 1. The van der Waals surface area contributed by atoms with Crippen molar-refractivity contribution < 1.29 is 9.47 Å². The molecule has 0 bridgehead atoms. The molecule has 0 aliphatic carbocycles. The van der Waals surface area contributed by atoms with E-state index >= 15 is 0 Å². The molecule has 0 saturated heterocycles. The van der Waals surface area contributed by atoms with Crippen molar-refractivity contribution in [3.8, 4) is 23.8 Å². The van der Waals surface area contributed by atoms with Gasteiger partial charge in [-0.15, -0.1) is 30.4 Å². The lowest BCUT2D eigenvalue weighted by Gasteiger charge is -2.26. The second kappa shape index (κ2) is 8.13. The third-order valence-electron chi connectivity index (χ3n) is 3.43. The van der Waals surface area contributed by atoms with E-state index in [0.717, 1.165) is 18.0 Å². The molecule has 2 rings (SSSR count). The molecule has 1 aromatic carbocycles. The van der Waals surface area contributed by atoms with E-state index in [1.807, 2.05) is 12.1 Å². The van der Waals surface area contributed by atoms with E-state index in [2.05, 4.69) is 41.5 Å². The maximum absolute atomic E-state index is 5.43. The van der Waals surface area contributed by atoms with Crippen molar-refractivity contribution in [1.29, 1.82) is 0 Å². The molecule has 5 nitrogen and oxygen atoms in total. The van der Waals surface area contributed by atoms with Crippen LogP contribution in [0.5, 0.6) is 11.5 Å². The molecule has 0 atom stereocenters. The number of terminal acetylenes is 1. The summed E-state index contributed by atoms with van der Waals surface area (Å²) in [6.45, 7) is 5.78. The number of hydrogen-bond acceptors (Lipinski definition) is 3. The number of benzene rings is 1. The molecule has 0 aromatic heterocycles. The Morgan fingerprint density at radius 3 is 2.73 bits per heavy atom. The Balaban J connectivity index is 0.00000242. The number of nitrogens with one attached hydrogen (secondary N) is 2. The lowest BCUT2D eigenvalue weighted by molar-refractivity contribution is 0.174. The Kier molecular flexibility index (Phi) is 6.81. The van der Waals surface area contributed by atoms with Crippen LogP contribution in [0, 0.1) is 12.3 Å². The van der Waals surface area contributed by atoms with E-state index in [9.17, 15) is 0 Å². The number of fused-ring (bicyclic) bond motifs is 1. The van der Waals surface area contributed by atoms with Gasteiger partial charge in [0.05, 0.1) is 6.54 Å². The van der Waals surface area contributed by atoms with Gasteiger partial charge in [0.25, 0.3) is 0 Å². The topological polar surface area (TPSA) is 54.9 Å². The third kappa shape index (κ3) is 4.44. The van der Waals surface area contributed by atoms with Crippen LogP contribution >= 0.6 is 24.0 Å². The first-order valence-corrected chi connectivity index (χ1v) is 6.85. The zero-order valence-electron chi connectivity index (χ0n) is 13.1. The maximum atomic E-state index is 5.43. The monoisotopic (exact) mass is 415 g/mol. The highest BCUT2D eigenvalue weighted by atomic mass is 127. The first kappa shape index (κ1) is 18.4. The first-order valence-electron chi connectivity index (χ1n) is 6.85. The number of ether oxygens (including phenoxy) is 2. The molecule has 0 fully saturated rings. The van der Waals surface area contributed by atoms with Gasteiger partial charge < -0.3 is 20.1 Å². The molecular formula is C16H22IN3O2.